The second kappa shape index (κ2) is 9.82. The second-order valence-corrected chi connectivity index (χ2v) is 8.64. The molecule has 3 aromatic rings. The van der Waals surface area contributed by atoms with Crippen LogP contribution in [-0.4, -0.2) is 29.6 Å². The minimum atomic E-state index is -0.290. The fourth-order valence-electron chi connectivity index (χ4n) is 3.31. The van der Waals surface area contributed by atoms with Crippen molar-refractivity contribution in [3.05, 3.63) is 64.4 Å². The van der Waals surface area contributed by atoms with Gasteiger partial charge in [0.05, 0.1) is 12.0 Å². The van der Waals surface area contributed by atoms with Crippen LogP contribution >= 0.6 is 11.3 Å². The first kappa shape index (κ1) is 21.9. The number of nitrogens with one attached hydrogen (secondary N) is 1. The zero-order valence-electron chi connectivity index (χ0n) is 17.7. The Bertz CT molecular complexity index is 1060. The molecule has 158 valence electrons. The van der Waals surface area contributed by atoms with Crippen LogP contribution in [0.5, 0.6) is 0 Å². The van der Waals surface area contributed by atoms with Gasteiger partial charge in [0.1, 0.15) is 6.61 Å². The number of anilines is 2. The second-order valence-electron chi connectivity index (χ2n) is 7.63. The van der Waals surface area contributed by atoms with Crippen LogP contribution in [0.25, 0.3) is 10.1 Å². The first-order valence-electron chi connectivity index (χ1n) is 10.00. The number of fused-ring (bicyclic) bond motifs is 1. The van der Waals surface area contributed by atoms with Gasteiger partial charge < -0.3 is 15.0 Å². The van der Waals surface area contributed by atoms with E-state index >= 15 is 0 Å². The van der Waals surface area contributed by atoms with Crippen LogP contribution in [0, 0.1) is 0 Å². The lowest BCUT2D eigenvalue weighted by molar-refractivity contribution is -0.121. The van der Waals surface area contributed by atoms with Crippen molar-refractivity contribution in [3.8, 4) is 0 Å². The number of hydrogen-bond acceptors (Lipinski definition) is 6. The summed E-state index contributed by atoms with van der Waals surface area (Å²) in [5.74, 6) is -0.267. The van der Waals surface area contributed by atoms with E-state index in [9.17, 15) is 9.59 Å². The van der Waals surface area contributed by atoms with Crippen LogP contribution in [0.1, 0.15) is 33.3 Å². The third-order valence-corrected chi connectivity index (χ3v) is 5.63. The first-order chi connectivity index (χ1) is 14.3. The Morgan fingerprint density at radius 2 is 1.80 bits per heavy atom. The Morgan fingerprint density at radius 3 is 2.47 bits per heavy atom. The van der Waals surface area contributed by atoms with Gasteiger partial charge in [0.25, 0.3) is 5.56 Å². The highest BCUT2D eigenvalue weighted by Crippen LogP contribution is 2.28. The molecule has 30 heavy (non-hydrogen) atoms. The van der Waals surface area contributed by atoms with Gasteiger partial charge >= 0.3 is 0 Å². The van der Waals surface area contributed by atoms with E-state index in [4.69, 9.17) is 4.74 Å². The van der Waals surface area contributed by atoms with Crippen molar-refractivity contribution in [2.45, 2.75) is 46.4 Å². The Labute approximate surface area is 180 Å². The number of aromatic nitrogens is 1. The van der Waals surface area contributed by atoms with Gasteiger partial charge in [-0.1, -0.05) is 41.7 Å². The van der Waals surface area contributed by atoms with E-state index in [2.05, 4.69) is 42.9 Å². The third-order valence-electron chi connectivity index (χ3n) is 4.57. The van der Waals surface area contributed by atoms with Gasteiger partial charge in [-0.15, -0.1) is 0 Å². The highest BCUT2D eigenvalue weighted by molar-refractivity contribution is 7.21. The van der Waals surface area contributed by atoms with E-state index in [1.807, 2.05) is 36.4 Å². The molecule has 2 aromatic carbocycles. The molecule has 1 heterocycles. The van der Waals surface area contributed by atoms with E-state index in [1.165, 1.54) is 11.3 Å². The number of amides is 1. The lowest BCUT2D eigenvalue weighted by Crippen LogP contribution is -2.38. The van der Waals surface area contributed by atoms with Gasteiger partial charge in [0.15, 0.2) is 5.13 Å². The molecule has 0 bridgehead atoms. The molecule has 1 N–H and O–H groups in total. The van der Waals surface area contributed by atoms with Crippen LogP contribution in [-0.2, 0) is 16.1 Å². The van der Waals surface area contributed by atoms with Crippen LogP contribution in [0.3, 0.4) is 0 Å². The summed E-state index contributed by atoms with van der Waals surface area (Å²) in [5, 5.41) is 4.00. The molecule has 0 saturated heterocycles. The first-order valence-corrected chi connectivity index (χ1v) is 10.8. The molecule has 0 radical (unpaired) electrons. The maximum atomic E-state index is 12.6. The molecule has 0 saturated carbocycles. The van der Waals surface area contributed by atoms with E-state index in [1.54, 1.807) is 12.1 Å². The standard InChI is InChI=1S/C23H27N3O3S/c1-15(2)26(16(3)4)23-25-22(28)19-12-18(10-11-20(19)30-23)24-21(27)14-29-13-17-8-6-5-7-9-17/h5-12,15-16H,13-14H2,1-4H3,(H,24,27). The number of rotatable bonds is 8. The molecule has 0 atom stereocenters. The summed E-state index contributed by atoms with van der Waals surface area (Å²) in [6.07, 6.45) is 0. The molecule has 0 aliphatic carbocycles. The smallest absolute Gasteiger partial charge is 0.281 e. The highest BCUT2D eigenvalue weighted by Gasteiger charge is 2.18. The van der Waals surface area contributed by atoms with E-state index in [0.717, 1.165) is 10.3 Å². The highest BCUT2D eigenvalue weighted by atomic mass is 32.1. The predicted molar refractivity (Wildman–Crippen MR) is 123 cm³/mol. The molecular weight excluding hydrogens is 398 g/mol. The summed E-state index contributed by atoms with van der Waals surface area (Å²) in [6.45, 7) is 8.65. The van der Waals surface area contributed by atoms with Crippen LogP contribution in [0.2, 0.25) is 0 Å². The SMILES string of the molecule is CC(C)N(c1nc(=O)c2cc(NC(=O)COCc3ccccc3)ccc2s1)C(C)C. The molecule has 0 fully saturated rings. The Balaban J connectivity index is 1.70. The van der Waals surface area contributed by atoms with E-state index < -0.39 is 0 Å². The maximum absolute atomic E-state index is 12.6. The van der Waals surface area contributed by atoms with E-state index in [-0.39, 0.29) is 30.2 Å². The summed E-state index contributed by atoms with van der Waals surface area (Å²) in [6, 6.07) is 15.5. The Kier molecular flexibility index (Phi) is 7.18. The van der Waals surface area contributed by atoms with Gasteiger partial charge in [-0.05, 0) is 51.5 Å². The molecule has 0 unspecified atom stereocenters. The Hall–Kier alpha value is -2.77. The quantitative estimate of drug-likeness (QED) is 0.578. The zero-order valence-corrected chi connectivity index (χ0v) is 18.5. The van der Waals surface area contributed by atoms with Crippen LogP contribution < -0.4 is 15.8 Å². The molecule has 1 amide bonds. The number of nitrogens with zero attached hydrogens (tertiary/aromatic N) is 2. The number of ether oxygens (including phenoxy) is 1. The average Bonchev–Trinajstić information content (AvgIpc) is 2.69. The zero-order chi connectivity index (χ0) is 21.7. The summed E-state index contributed by atoms with van der Waals surface area (Å²) in [5.41, 5.74) is 1.27. The molecule has 0 spiro atoms. The molecule has 3 rings (SSSR count). The van der Waals surface area contributed by atoms with Gasteiger partial charge in [-0.25, -0.2) is 0 Å². The van der Waals surface area contributed by atoms with Gasteiger partial charge in [0.2, 0.25) is 5.91 Å². The van der Waals surface area contributed by atoms with Gasteiger partial charge in [-0.2, -0.15) is 4.98 Å². The Morgan fingerprint density at radius 1 is 1.10 bits per heavy atom. The van der Waals surface area contributed by atoms with Crippen molar-refractivity contribution in [1.29, 1.82) is 0 Å². The molecule has 0 aliphatic heterocycles. The lowest BCUT2D eigenvalue weighted by atomic mass is 10.2. The van der Waals surface area contributed by atoms with Crippen molar-refractivity contribution in [1.82, 2.24) is 4.98 Å². The van der Waals surface area contributed by atoms with Crippen molar-refractivity contribution in [2.24, 2.45) is 0 Å². The lowest BCUT2D eigenvalue weighted by Gasteiger charge is -2.31. The normalized spacial score (nSPS) is 11.3. The van der Waals surface area contributed by atoms with Crippen molar-refractivity contribution >= 4 is 38.1 Å². The number of hydrogen-bond donors (Lipinski definition) is 1. The van der Waals surface area contributed by atoms with Crippen LogP contribution in [0.15, 0.2) is 53.3 Å². The van der Waals surface area contributed by atoms with Gasteiger partial charge in [0, 0.05) is 22.5 Å². The number of benzene rings is 2. The van der Waals surface area contributed by atoms with Crippen molar-refractivity contribution in [3.63, 3.8) is 0 Å². The molecule has 7 heteroatoms. The predicted octanol–water partition coefficient (Wildman–Crippen LogP) is 4.44. The van der Waals surface area contributed by atoms with E-state index in [0.29, 0.717) is 22.8 Å². The average molecular weight is 426 g/mol. The summed E-state index contributed by atoms with van der Waals surface area (Å²) in [4.78, 5) is 31.3. The fourth-order valence-corrected chi connectivity index (χ4v) is 4.56. The molecule has 0 aliphatic rings. The fraction of sp³-hybridized carbons (Fsp3) is 0.348. The monoisotopic (exact) mass is 425 g/mol. The van der Waals surface area contributed by atoms with Gasteiger partial charge in [-0.3, -0.25) is 9.59 Å². The summed E-state index contributed by atoms with van der Waals surface area (Å²) >= 11 is 1.48. The third kappa shape index (κ3) is 5.43. The molecule has 1 aromatic heterocycles. The summed E-state index contributed by atoms with van der Waals surface area (Å²) < 4.78 is 6.30. The van der Waals surface area contributed by atoms with Crippen LogP contribution in [0.4, 0.5) is 10.8 Å². The minimum absolute atomic E-state index is 0.0608. The minimum Gasteiger partial charge on any atom is -0.367 e. The maximum Gasteiger partial charge on any atom is 0.281 e. The molecular formula is C23H27N3O3S. The van der Waals surface area contributed by atoms with Crippen molar-refractivity contribution in [2.75, 3.05) is 16.8 Å². The molecule has 6 nitrogen and oxygen atoms in total. The summed E-state index contributed by atoms with van der Waals surface area (Å²) in [7, 11) is 0. The number of carbonyl (C=O) groups is 1. The van der Waals surface area contributed by atoms with Crippen molar-refractivity contribution < 1.29 is 9.53 Å². The number of carbonyl (C=O) groups excluding carboxylic acids is 1. The largest absolute Gasteiger partial charge is 0.367 e. The topological polar surface area (TPSA) is 71.5 Å².